The highest BCUT2D eigenvalue weighted by atomic mass is 35.5. The van der Waals surface area contributed by atoms with Gasteiger partial charge in [0.15, 0.2) is 0 Å². The van der Waals surface area contributed by atoms with E-state index >= 15 is 0 Å². The number of ether oxygens (including phenoxy) is 1. The first kappa shape index (κ1) is 17.5. The Bertz CT molecular complexity index is 1130. The summed E-state index contributed by atoms with van der Waals surface area (Å²) in [7, 11) is 1.50. The Morgan fingerprint density at radius 2 is 2.00 bits per heavy atom. The summed E-state index contributed by atoms with van der Waals surface area (Å²) < 4.78 is 6.95. The third-order valence-electron chi connectivity index (χ3n) is 4.06. The molecule has 0 fully saturated rings. The van der Waals surface area contributed by atoms with E-state index < -0.39 is 0 Å². The van der Waals surface area contributed by atoms with Crippen molar-refractivity contribution in [3.8, 4) is 17.0 Å². The Labute approximate surface area is 164 Å². The van der Waals surface area contributed by atoms with Crippen molar-refractivity contribution >= 4 is 39.8 Å². The molecule has 4 aromatic rings. The van der Waals surface area contributed by atoms with Gasteiger partial charge in [-0.2, -0.15) is 4.98 Å². The lowest BCUT2D eigenvalue weighted by atomic mass is 10.1. The normalized spacial score (nSPS) is 10.9. The number of amides is 1. The minimum absolute atomic E-state index is 0.224. The largest absolute Gasteiger partial charge is 0.496 e. The lowest BCUT2D eigenvalue weighted by Gasteiger charge is -2.07. The van der Waals surface area contributed by atoms with Crippen LogP contribution in [0.1, 0.15) is 15.9 Å². The van der Waals surface area contributed by atoms with Crippen LogP contribution in [0.3, 0.4) is 0 Å². The maximum atomic E-state index is 12.6. The Morgan fingerprint density at radius 3 is 2.74 bits per heavy atom. The number of carbonyl (C=O) groups excluding carboxylic acids is 1. The number of carbonyl (C=O) groups is 1. The molecule has 0 spiro atoms. The number of benzene rings is 2. The number of nitrogens with zero attached hydrogens (tertiary/aromatic N) is 3. The molecule has 27 heavy (non-hydrogen) atoms. The Kier molecular flexibility index (Phi) is 4.55. The molecule has 1 N–H and O–H groups in total. The van der Waals surface area contributed by atoms with Gasteiger partial charge in [-0.15, -0.1) is 16.4 Å². The summed E-state index contributed by atoms with van der Waals surface area (Å²) in [5.41, 5.74) is 3.46. The predicted molar refractivity (Wildman–Crippen MR) is 107 cm³/mol. The zero-order valence-corrected chi connectivity index (χ0v) is 16.1. The number of fused-ring (bicyclic) bond motifs is 1. The summed E-state index contributed by atoms with van der Waals surface area (Å²) in [6, 6.07) is 13.0. The average Bonchev–Trinajstić information content (AvgIpc) is 3.22. The predicted octanol–water partition coefficient (Wildman–Crippen LogP) is 4.68. The van der Waals surface area contributed by atoms with Crippen LogP contribution in [-0.4, -0.2) is 27.6 Å². The molecule has 0 unspecified atom stereocenters. The number of rotatable bonds is 4. The van der Waals surface area contributed by atoms with Gasteiger partial charge >= 0.3 is 0 Å². The van der Waals surface area contributed by atoms with Crippen LogP contribution in [0.25, 0.3) is 16.2 Å². The highest BCUT2D eigenvalue weighted by Crippen LogP contribution is 2.27. The van der Waals surface area contributed by atoms with Gasteiger partial charge in [-0.25, -0.2) is 4.52 Å². The molecule has 0 radical (unpaired) electrons. The lowest BCUT2D eigenvalue weighted by molar-refractivity contribution is 0.102. The number of hydrogen-bond acceptors (Lipinski definition) is 5. The summed E-state index contributed by atoms with van der Waals surface area (Å²) in [5.74, 6) is 0.269. The second-order valence-corrected chi connectivity index (χ2v) is 7.19. The van der Waals surface area contributed by atoms with Crippen LogP contribution in [0.5, 0.6) is 5.75 Å². The number of anilines is 1. The van der Waals surface area contributed by atoms with Crippen LogP contribution >= 0.6 is 22.9 Å². The standard InChI is InChI=1S/C19H15ClN4O2S/c1-11-3-5-12(6-4-11)15-10-27-19-22-18(23-24(15)19)21-17(25)14-9-13(20)7-8-16(14)26-2/h3-10H,1-2H3,(H,21,23,25). The van der Waals surface area contributed by atoms with Crippen LogP contribution < -0.4 is 10.1 Å². The lowest BCUT2D eigenvalue weighted by Crippen LogP contribution is -2.14. The smallest absolute Gasteiger partial charge is 0.261 e. The first-order valence-electron chi connectivity index (χ1n) is 8.11. The van der Waals surface area contributed by atoms with E-state index in [9.17, 15) is 4.79 Å². The van der Waals surface area contributed by atoms with E-state index in [2.05, 4.69) is 15.4 Å². The fourth-order valence-electron chi connectivity index (χ4n) is 2.68. The van der Waals surface area contributed by atoms with Gasteiger partial charge in [0.1, 0.15) is 5.75 Å². The first-order chi connectivity index (χ1) is 13.0. The van der Waals surface area contributed by atoms with Gasteiger partial charge in [0.05, 0.1) is 18.4 Å². The van der Waals surface area contributed by atoms with Gasteiger partial charge in [0.2, 0.25) is 4.96 Å². The summed E-state index contributed by atoms with van der Waals surface area (Å²) >= 11 is 7.46. The Morgan fingerprint density at radius 1 is 1.22 bits per heavy atom. The summed E-state index contributed by atoms with van der Waals surface area (Å²) in [4.78, 5) is 17.7. The molecule has 136 valence electrons. The molecule has 2 aromatic heterocycles. The molecule has 2 aromatic carbocycles. The zero-order valence-electron chi connectivity index (χ0n) is 14.6. The van der Waals surface area contributed by atoms with Crippen molar-refractivity contribution in [1.82, 2.24) is 14.6 Å². The molecule has 0 saturated heterocycles. The van der Waals surface area contributed by atoms with Crippen molar-refractivity contribution in [2.45, 2.75) is 6.92 Å². The number of thiazole rings is 1. The molecule has 0 aliphatic carbocycles. The van der Waals surface area contributed by atoms with Crippen LogP contribution in [0, 0.1) is 6.92 Å². The molecule has 0 aliphatic heterocycles. The van der Waals surface area contributed by atoms with E-state index in [0.717, 1.165) is 11.3 Å². The SMILES string of the molecule is COc1ccc(Cl)cc1C(=O)Nc1nc2scc(-c3ccc(C)cc3)n2n1. The fraction of sp³-hybridized carbons (Fsp3) is 0.105. The first-order valence-corrected chi connectivity index (χ1v) is 9.37. The van der Waals surface area contributed by atoms with Crippen LogP contribution in [0.15, 0.2) is 47.8 Å². The number of aryl methyl sites for hydroxylation is 1. The van der Waals surface area contributed by atoms with Crippen molar-refractivity contribution in [3.63, 3.8) is 0 Å². The van der Waals surface area contributed by atoms with Crippen molar-refractivity contribution in [2.24, 2.45) is 0 Å². The fourth-order valence-corrected chi connectivity index (χ4v) is 3.69. The van der Waals surface area contributed by atoms with Crippen molar-refractivity contribution in [2.75, 3.05) is 12.4 Å². The molecular formula is C19H15ClN4O2S. The van der Waals surface area contributed by atoms with Gasteiger partial charge in [0.25, 0.3) is 11.9 Å². The molecule has 8 heteroatoms. The van der Waals surface area contributed by atoms with Crippen LogP contribution in [0.2, 0.25) is 5.02 Å². The van der Waals surface area contributed by atoms with Gasteiger partial charge in [0, 0.05) is 16.0 Å². The molecule has 0 aliphatic rings. The van der Waals surface area contributed by atoms with Crippen LogP contribution in [-0.2, 0) is 0 Å². The molecular weight excluding hydrogens is 384 g/mol. The third kappa shape index (κ3) is 3.39. The topological polar surface area (TPSA) is 68.5 Å². The van der Waals surface area contributed by atoms with E-state index in [4.69, 9.17) is 16.3 Å². The van der Waals surface area contributed by atoms with Gasteiger partial charge < -0.3 is 4.74 Å². The van der Waals surface area contributed by atoms with Gasteiger partial charge in [-0.05, 0) is 25.1 Å². The number of aromatic nitrogens is 3. The molecule has 2 heterocycles. The van der Waals surface area contributed by atoms with E-state index in [-0.39, 0.29) is 11.9 Å². The Hall–Kier alpha value is -2.90. The molecule has 0 atom stereocenters. The highest BCUT2D eigenvalue weighted by molar-refractivity contribution is 7.15. The summed E-state index contributed by atoms with van der Waals surface area (Å²) in [6.07, 6.45) is 0. The Balaban J connectivity index is 1.65. The minimum atomic E-state index is -0.385. The maximum absolute atomic E-state index is 12.6. The van der Waals surface area contributed by atoms with Gasteiger partial charge in [-0.1, -0.05) is 41.4 Å². The summed E-state index contributed by atoms with van der Waals surface area (Å²) in [5, 5.41) is 9.57. The maximum Gasteiger partial charge on any atom is 0.261 e. The molecule has 6 nitrogen and oxygen atoms in total. The third-order valence-corrected chi connectivity index (χ3v) is 5.11. The quantitative estimate of drug-likeness (QED) is 0.542. The number of hydrogen-bond donors (Lipinski definition) is 1. The number of nitrogens with one attached hydrogen (secondary N) is 1. The zero-order chi connectivity index (χ0) is 19.0. The minimum Gasteiger partial charge on any atom is -0.496 e. The molecule has 0 bridgehead atoms. The number of halogens is 1. The molecule has 4 rings (SSSR count). The van der Waals surface area contributed by atoms with Crippen molar-refractivity contribution in [1.29, 1.82) is 0 Å². The second-order valence-electron chi connectivity index (χ2n) is 5.92. The molecule has 0 saturated carbocycles. The van der Waals surface area contributed by atoms with Crippen molar-refractivity contribution < 1.29 is 9.53 Å². The monoisotopic (exact) mass is 398 g/mol. The number of methoxy groups -OCH3 is 1. The molecule has 1 amide bonds. The van der Waals surface area contributed by atoms with E-state index in [1.54, 1.807) is 22.7 Å². The van der Waals surface area contributed by atoms with Gasteiger partial charge in [-0.3, -0.25) is 10.1 Å². The van der Waals surface area contributed by atoms with Crippen LogP contribution in [0.4, 0.5) is 5.95 Å². The highest BCUT2D eigenvalue weighted by Gasteiger charge is 2.17. The van der Waals surface area contributed by atoms with E-state index in [1.165, 1.54) is 24.0 Å². The second kappa shape index (κ2) is 7.02. The summed E-state index contributed by atoms with van der Waals surface area (Å²) in [6.45, 7) is 2.04. The van der Waals surface area contributed by atoms with Crippen molar-refractivity contribution in [3.05, 3.63) is 64.0 Å². The average molecular weight is 399 g/mol. The van der Waals surface area contributed by atoms with E-state index in [0.29, 0.717) is 21.3 Å². The van der Waals surface area contributed by atoms with E-state index in [1.807, 2.05) is 36.6 Å².